The lowest BCUT2D eigenvalue weighted by Crippen LogP contribution is -2.39. The van der Waals surface area contributed by atoms with E-state index in [1.165, 1.54) is 5.56 Å². The highest BCUT2D eigenvalue weighted by atomic mass is 16.5. The number of carbonyl (C=O) groups is 1. The van der Waals surface area contributed by atoms with Crippen LogP contribution in [0.2, 0.25) is 0 Å². The van der Waals surface area contributed by atoms with Gasteiger partial charge in [-0.3, -0.25) is 4.79 Å². The molecule has 1 fully saturated rings. The second-order valence-corrected chi connectivity index (χ2v) is 4.89. The largest absolute Gasteiger partial charge is 0.381 e. The molecule has 0 unspecified atom stereocenters. The number of fused-ring (bicyclic) bond motifs is 1. The zero-order chi connectivity index (χ0) is 11.7. The van der Waals surface area contributed by atoms with E-state index in [1.54, 1.807) is 0 Å². The molecule has 2 aliphatic heterocycles. The van der Waals surface area contributed by atoms with Crippen molar-refractivity contribution >= 4 is 11.6 Å². The summed E-state index contributed by atoms with van der Waals surface area (Å²) in [6.07, 6.45) is 2.80. The van der Waals surface area contributed by atoms with Crippen molar-refractivity contribution in [1.29, 1.82) is 0 Å². The van der Waals surface area contributed by atoms with Crippen molar-refractivity contribution < 1.29 is 9.53 Å². The Kier molecular flexibility index (Phi) is 2.85. The predicted molar refractivity (Wildman–Crippen MR) is 66.0 cm³/mol. The van der Waals surface area contributed by atoms with Gasteiger partial charge in [0.1, 0.15) is 0 Å². The highest BCUT2D eigenvalue weighted by Crippen LogP contribution is 2.28. The van der Waals surface area contributed by atoms with Crippen LogP contribution >= 0.6 is 0 Å². The summed E-state index contributed by atoms with van der Waals surface area (Å²) in [6.45, 7) is 2.37. The maximum Gasteiger partial charge on any atom is 0.227 e. The van der Waals surface area contributed by atoms with Crippen LogP contribution in [0.3, 0.4) is 0 Å². The Morgan fingerprint density at radius 2 is 2.18 bits per heavy atom. The zero-order valence-corrected chi connectivity index (χ0v) is 9.89. The second-order valence-electron chi connectivity index (χ2n) is 4.89. The molecule has 3 rings (SSSR count). The highest BCUT2D eigenvalue weighted by molar-refractivity contribution is 5.94. The van der Waals surface area contributed by atoms with Gasteiger partial charge in [0, 0.05) is 24.6 Å². The molecule has 0 aliphatic carbocycles. The number of rotatable bonds is 2. The van der Waals surface area contributed by atoms with Crippen molar-refractivity contribution in [2.75, 3.05) is 24.7 Å². The van der Waals surface area contributed by atoms with E-state index in [4.69, 9.17) is 4.74 Å². The Hall–Kier alpha value is -1.35. The fourth-order valence-corrected chi connectivity index (χ4v) is 2.55. The summed E-state index contributed by atoms with van der Waals surface area (Å²) in [5.41, 5.74) is 2.42. The van der Waals surface area contributed by atoms with E-state index in [-0.39, 0.29) is 5.91 Å². The van der Waals surface area contributed by atoms with Crippen molar-refractivity contribution in [3.05, 3.63) is 29.8 Å². The Morgan fingerprint density at radius 3 is 2.94 bits per heavy atom. The van der Waals surface area contributed by atoms with Gasteiger partial charge in [0.05, 0.1) is 13.2 Å². The third-order valence-corrected chi connectivity index (χ3v) is 3.58. The minimum absolute atomic E-state index is 0.255. The van der Waals surface area contributed by atoms with Gasteiger partial charge in [0.15, 0.2) is 0 Å². The van der Waals surface area contributed by atoms with E-state index in [0.717, 1.165) is 38.3 Å². The van der Waals surface area contributed by atoms with Gasteiger partial charge < -0.3 is 9.64 Å². The molecule has 0 aromatic heterocycles. The molecular weight excluding hydrogens is 214 g/mol. The van der Waals surface area contributed by atoms with Crippen LogP contribution < -0.4 is 4.90 Å². The molecule has 1 amide bonds. The number of nitrogens with zero attached hydrogens (tertiary/aromatic N) is 1. The molecule has 0 N–H and O–H groups in total. The van der Waals surface area contributed by atoms with Crippen LogP contribution in [0.15, 0.2) is 24.3 Å². The van der Waals surface area contributed by atoms with Gasteiger partial charge >= 0.3 is 0 Å². The smallest absolute Gasteiger partial charge is 0.227 e. The number of hydrogen-bond acceptors (Lipinski definition) is 2. The molecule has 90 valence electrons. The molecule has 2 aliphatic rings. The lowest BCUT2D eigenvalue weighted by atomic mass is 9.99. The Bertz CT molecular complexity index is 426. The minimum atomic E-state index is 0.255. The van der Waals surface area contributed by atoms with Crippen LogP contribution in [0.25, 0.3) is 0 Å². The van der Waals surface area contributed by atoms with Crippen LogP contribution in [-0.4, -0.2) is 25.7 Å². The average molecular weight is 231 g/mol. The molecule has 2 heterocycles. The predicted octanol–water partition coefficient (Wildman–Crippen LogP) is 2.00. The molecule has 3 heteroatoms. The van der Waals surface area contributed by atoms with Gasteiger partial charge in [-0.2, -0.15) is 0 Å². The second kappa shape index (κ2) is 4.49. The normalized spacial score (nSPS) is 19.6. The van der Waals surface area contributed by atoms with Crippen LogP contribution in [0.4, 0.5) is 5.69 Å². The van der Waals surface area contributed by atoms with Crippen molar-refractivity contribution in [3.8, 4) is 0 Å². The molecule has 0 atom stereocenters. The summed E-state index contributed by atoms with van der Waals surface area (Å²) in [4.78, 5) is 14.2. The summed E-state index contributed by atoms with van der Waals surface area (Å²) < 4.78 is 5.12. The fraction of sp³-hybridized carbons (Fsp3) is 0.500. The number of ether oxygens (including phenoxy) is 1. The van der Waals surface area contributed by atoms with Gasteiger partial charge in [-0.25, -0.2) is 0 Å². The third kappa shape index (κ3) is 2.07. The molecule has 1 saturated heterocycles. The molecule has 0 bridgehead atoms. The summed E-state index contributed by atoms with van der Waals surface area (Å²) >= 11 is 0. The Labute approximate surface area is 101 Å². The number of hydrogen-bond donors (Lipinski definition) is 0. The summed E-state index contributed by atoms with van der Waals surface area (Å²) in [5.74, 6) is 0.696. The first-order valence-electron chi connectivity index (χ1n) is 6.30. The zero-order valence-electron chi connectivity index (χ0n) is 9.89. The molecular formula is C14H17NO2. The summed E-state index contributed by atoms with van der Waals surface area (Å²) in [5, 5.41) is 0. The van der Waals surface area contributed by atoms with Crippen molar-refractivity contribution in [1.82, 2.24) is 0 Å². The lowest BCUT2D eigenvalue weighted by Gasteiger charge is -2.32. The van der Waals surface area contributed by atoms with Crippen LogP contribution in [0, 0.1) is 5.92 Å². The van der Waals surface area contributed by atoms with Gasteiger partial charge in [0.2, 0.25) is 5.91 Å². The molecule has 0 radical (unpaired) electrons. The monoisotopic (exact) mass is 231 g/mol. The Morgan fingerprint density at radius 1 is 1.35 bits per heavy atom. The summed E-state index contributed by atoms with van der Waals surface area (Å²) in [7, 11) is 0. The molecule has 0 spiro atoms. The number of aryl methyl sites for hydroxylation is 1. The minimum Gasteiger partial charge on any atom is -0.381 e. The van der Waals surface area contributed by atoms with E-state index in [0.29, 0.717) is 12.3 Å². The topological polar surface area (TPSA) is 29.5 Å². The molecule has 1 aromatic carbocycles. The lowest BCUT2D eigenvalue weighted by molar-refractivity contribution is -0.124. The molecule has 3 nitrogen and oxygen atoms in total. The van der Waals surface area contributed by atoms with E-state index in [9.17, 15) is 4.79 Å². The maximum atomic E-state index is 12.2. The van der Waals surface area contributed by atoms with Gasteiger partial charge in [-0.1, -0.05) is 18.2 Å². The third-order valence-electron chi connectivity index (χ3n) is 3.58. The number of carbonyl (C=O) groups excluding carboxylic acids is 1. The van der Waals surface area contributed by atoms with E-state index in [1.807, 2.05) is 17.0 Å². The maximum absolute atomic E-state index is 12.2. The average Bonchev–Trinajstić information content (AvgIpc) is 2.33. The number of benzene rings is 1. The van der Waals surface area contributed by atoms with Crippen molar-refractivity contribution in [2.24, 2.45) is 5.92 Å². The highest BCUT2D eigenvalue weighted by Gasteiger charge is 2.27. The van der Waals surface area contributed by atoms with Gasteiger partial charge in [0.25, 0.3) is 0 Å². The van der Waals surface area contributed by atoms with Crippen molar-refractivity contribution in [2.45, 2.75) is 19.3 Å². The van der Waals surface area contributed by atoms with Crippen molar-refractivity contribution in [3.63, 3.8) is 0 Å². The number of anilines is 1. The molecule has 17 heavy (non-hydrogen) atoms. The van der Waals surface area contributed by atoms with Gasteiger partial charge in [-0.05, 0) is 24.5 Å². The van der Waals surface area contributed by atoms with E-state index >= 15 is 0 Å². The SMILES string of the molecule is O=C(CC1COC1)N1CCCc2ccccc21. The van der Waals surface area contributed by atoms with Gasteiger partial charge in [-0.15, -0.1) is 0 Å². The number of para-hydroxylation sites is 1. The first-order valence-corrected chi connectivity index (χ1v) is 6.30. The van der Waals surface area contributed by atoms with E-state index < -0.39 is 0 Å². The van der Waals surface area contributed by atoms with E-state index in [2.05, 4.69) is 12.1 Å². The standard InChI is InChI=1S/C14H17NO2/c16-14(8-11-9-17-10-11)15-7-3-5-12-4-1-2-6-13(12)15/h1-2,4,6,11H,3,5,7-10H2. The van der Waals surface area contributed by atoms with Crippen LogP contribution in [0.1, 0.15) is 18.4 Å². The van der Waals surface area contributed by atoms with Crippen LogP contribution in [0.5, 0.6) is 0 Å². The van der Waals surface area contributed by atoms with Crippen LogP contribution in [-0.2, 0) is 16.0 Å². The quantitative estimate of drug-likeness (QED) is 0.779. The first kappa shape index (κ1) is 10.8. The molecule has 0 saturated carbocycles. The fourth-order valence-electron chi connectivity index (χ4n) is 2.55. The molecule has 1 aromatic rings. The summed E-state index contributed by atoms with van der Waals surface area (Å²) in [6, 6.07) is 8.24. The number of amides is 1. The first-order chi connectivity index (χ1) is 8.34. The Balaban J connectivity index is 1.77.